The predicted molar refractivity (Wildman–Crippen MR) is 90.6 cm³/mol. The van der Waals surface area contributed by atoms with Crippen molar-refractivity contribution in [1.29, 1.82) is 0 Å². The van der Waals surface area contributed by atoms with Gasteiger partial charge in [0.2, 0.25) is 0 Å². The van der Waals surface area contributed by atoms with Crippen molar-refractivity contribution in [2.75, 3.05) is 0 Å². The zero-order chi connectivity index (χ0) is 16.5. The average Bonchev–Trinajstić information content (AvgIpc) is 2.43. The fourth-order valence-electron chi connectivity index (χ4n) is 5.88. The van der Waals surface area contributed by atoms with Gasteiger partial charge in [-0.25, -0.2) is 0 Å². The first-order valence-corrected chi connectivity index (χ1v) is 9.21. The Morgan fingerprint density at radius 3 is 2.45 bits per heavy atom. The fourth-order valence-corrected chi connectivity index (χ4v) is 5.88. The maximum atomic E-state index is 12.8. The van der Waals surface area contributed by atoms with Crippen LogP contribution in [-0.2, 0) is 9.59 Å². The summed E-state index contributed by atoms with van der Waals surface area (Å²) in [7, 11) is 0. The first-order valence-electron chi connectivity index (χ1n) is 9.21. The number of rotatable bonds is 5. The minimum Gasteiger partial charge on any atom is -0.303 e. The van der Waals surface area contributed by atoms with Crippen LogP contribution in [0.1, 0.15) is 79.6 Å². The van der Waals surface area contributed by atoms with Crippen molar-refractivity contribution >= 4 is 12.1 Å². The molecule has 22 heavy (non-hydrogen) atoms. The van der Waals surface area contributed by atoms with Crippen LogP contribution in [0.2, 0.25) is 0 Å². The van der Waals surface area contributed by atoms with E-state index in [1.165, 1.54) is 25.7 Å². The Bertz CT molecular complexity index is 423. The van der Waals surface area contributed by atoms with Crippen LogP contribution < -0.4 is 0 Å². The first kappa shape index (κ1) is 17.7. The third-order valence-corrected chi connectivity index (χ3v) is 6.91. The van der Waals surface area contributed by atoms with Gasteiger partial charge in [0.05, 0.1) is 0 Å². The van der Waals surface area contributed by atoms with E-state index in [2.05, 4.69) is 20.8 Å². The molecule has 2 aliphatic rings. The largest absolute Gasteiger partial charge is 0.303 e. The lowest BCUT2D eigenvalue weighted by molar-refractivity contribution is -0.143. The van der Waals surface area contributed by atoms with E-state index in [-0.39, 0.29) is 17.3 Å². The lowest BCUT2D eigenvalue weighted by Crippen LogP contribution is -2.53. The maximum absolute atomic E-state index is 12.8. The van der Waals surface area contributed by atoms with Gasteiger partial charge in [-0.2, -0.15) is 0 Å². The molecule has 2 heteroatoms. The summed E-state index contributed by atoms with van der Waals surface area (Å²) in [6.45, 7) is 11.3. The molecule has 0 bridgehead atoms. The highest BCUT2D eigenvalue weighted by Crippen LogP contribution is 2.62. The average molecular weight is 306 g/mol. The van der Waals surface area contributed by atoms with Crippen molar-refractivity contribution in [2.45, 2.75) is 79.6 Å². The highest BCUT2D eigenvalue weighted by molar-refractivity contribution is 5.83. The Morgan fingerprint density at radius 1 is 1.18 bits per heavy atom. The summed E-state index contributed by atoms with van der Waals surface area (Å²) >= 11 is 0. The Labute approximate surface area is 136 Å². The third-order valence-electron chi connectivity index (χ3n) is 6.91. The summed E-state index contributed by atoms with van der Waals surface area (Å²) < 4.78 is 0. The van der Waals surface area contributed by atoms with Gasteiger partial charge in [0.25, 0.3) is 0 Å². The van der Waals surface area contributed by atoms with Gasteiger partial charge < -0.3 is 4.79 Å². The normalized spacial score (nSPS) is 37.6. The van der Waals surface area contributed by atoms with E-state index in [0.29, 0.717) is 29.5 Å². The van der Waals surface area contributed by atoms with Crippen LogP contribution in [0.15, 0.2) is 0 Å². The van der Waals surface area contributed by atoms with Crippen molar-refractivity contribution in [3.63, 3.8) is 0 Å². The Morgan fingerprint density at radius 2 is 1.86 bits per heavy atom. The molecule has 126 valence electrons. The molecule has 0 spiro atoms. The zero-order valence-corrected chi connectivity index (χ0v) is 15.2. The molecule has 2 fully saturated rings. The Hall–Kier alpha value is -0.660. The number of Topliss-reactive ketones (excluding diaryl/α,β-unsaturated/α-hetero) is 1. The molecule has 2 rings (SSSR count). The number of fused-ring (bicyclic) bond motifs is 1. The van der Waals surface area contributed by atoms with Gasteiger partial charge in [-0.1, -0.05) is 41.0 Å². The minimum atomic E-state index is 0.112. The summed E-state index contributed by atoms with van der Waals surface area (Å²) in [4.78, 5) is 23.7. The van der Waals surface area contributed by atoms with Gasteiger partial charge in [0.15, 0.2) is 0 Å². The second kappa shape index (κ2) is 6.45. The zero-order valence-electron chi connectivity index (χ0n) is 15.2. The number of aldehydes is 1. The Balaban J connectivity index is 2.34. The lowest BCUT2D eigenvalue weighted by atomic mass is 9.45. The van der Waals surface area contributed by atoms with Gasteiger partial charge in [0, 0.05) is 18.3 Å². The van der Waals surface area contributed by atoms with Gasteiger partial charge in [-0.05, 0) is 54.8 Å². The summed E-state index contributed by atoms with van der Waals surface area (Å²) in [5, 5.41) is 0. The molecule has 0 amide bonds. The monoisotopic (exact) mass is 306 g/mol. The number of hydrogen-bond donors (Lipinski definition) is 0. The van der Waals surface area contributed by atoms with Crippen LogP contribution in [0.3, 0.4) is 0 Å². The molecule has 0 aliphatic heterocycles. The van der Waals surface area contributed by atoms with Crippen LogP contribution >= 0.6 is 0 Å². The van der Waals surface area contributed by atoms with E-state index < -0.39 is 0 Å². The molecule has 0 aromatic heterocycles. The second-order valence-corrected chi connectivity index (χ2v) is 8.99. The highest BCUT2D eigenvalue weighted by atomic mass is 16.1. The van der Waals surface area contributed by atoms with E-state index in [9.17, 15) is 9.59 Å². The van der Waals surface area contributed by atoms with Gasteiger partial charge in [-0.15, -0.1) is 0 Å². The van der Waals surface area contributed by atoms with Crippen LogP contribution in [-0.4, -0.2) is 12.1 Å². The molecule has 0 aromatic rings. The van der Waals surface area contributed by atoms with Gasteiger partial charge in [-0.3, -0.25) is 4.79 Å². The summed E-state index contributed by atoms with van der Waals surface area (Å²) in [5.41, 5.74) is 0.608. The predicted octanol–water partition coefficient (Wildman–Crippen LogP) is 5.05. The fraction of sp³-hybridized carbons (Fsp3) is 0.900. The Kier molecular flexibility index (Phi) is 5.19. The molecule has 0 unspecified atom stereocenters. The van der Waals surface area contributed by atoms with Gasteiger partial charge in [0.1, 0.15) is 12.1 Å². The van der Waals surface area contributed by atoms with Crippen LogP contribution in [0.4, 0.5) is 0 Å². The summed E-state index contributed by atoms with van der Waals surface area (Å²) in [5.74, 6) is 1.81. The SMILES string of the molecule is CC(C)C(=O)[C@@H]1CC[C@H]2C(C)(C)CCC[C@]2(C)[C@H]1CCC=O. The van der Waals surface area contributed by atoms with E-state index in [1.54, 1.807) is 0 Å². The standard InChI is InChI=1S/C20H34O2/c1-14(2)18(22)15-9-10-17-19(3,4)11-7-12-20(17,5)16(15)8-6-13-21/h13-17H,6-12H2,1-5H3/t15-,16+,17+,20-/m1/s1. The topological polar surface area (TPSA) is 34.1 Å². The van der Waals surface area contributed by atoms with Crippen molar-refractivity contribution in [1.82, 2.24) is 0 Å². The van der Waals surface area contributed by atoms with Crippen LogP contribution in [0.5, 0.6) is 0 Å². The van der Waals surface area contributed by atoms with Crippen molar-refractivity contribution in [3.8, 4) is 0 Å². The summed E-state index contributed by atoms with van der Waals surface area (Å²) in [6.07, 6.45) is 8.56. The molecule has 2 saturated carbocycles. The molecule has 0 heterocycles. The van der Waals surface area contributed by atoms with Crippen molar-refractivity contribution < 1.29 is 9.59 Å². The van der Waals surface area contributed by atoms with E-state index in [1.807, 2.05) is 13.8 Å². The van der Waals surface area contributed by atoms with E-state index in [4.69, 9.17) is 0 Å². The lowest BCUT2D eigenvalue weighted by Gasteiger charge is -2.59. The number of ketones is 1. The quantitative estimate of drug-likeness (QED) is 0.666. The molecule has 4 atom stereocenters. The molecule has 0 aromatic carbocycles. The number of carbonyl (C=O) groups excluding carboxylic acids is 2. The third kappa shape index (κ3) is 3.03. The summed E-state index contributed by atoms with van der Waals surface area (Å²) in [6, 6.07) is 0. The molecule has 0 saturated heterocycles. The van der Waals surface area contributed by atoms with Crippen LogP contribution in [0.25, 0.3) is 0 Å². The molecular weight excluding hydrogens is 272 g/mol. The van der Waals surface area contributed by atoms with E-state index >= 15 is 0 Å². The molecule has 2 aliphatic carbocycles. The minimum absolute atomic E-state index is 0.112. The molecular formula is C20H34O2. The molecule has 2 nitrogen and oxygen atoms in total. The van der Waals surface area contributed by atoms with E-state index in [0.717, 1.165) is 19.1 Å². The molecule has 0 N–H and O–H groups in total. The molecule has 0 radical (unpaired) electrons. The second-order valence-electron chi connectivity index (χ2n) is 8.99. The number of hydrogen-bond acceptors (Lipinski definition) is 2. The smallest absolute Gasteiger partial charge is 0.138 e. The van der Waals surface area contributed by atoms with Crippen LogP contribution in [0, 0.1) is 34.5 Å². The van der Waals surface area contributed by atoms with Gasteiger partial charge >= 0.3 is 0 Å². The van der Waals surface area contributed by atoms with Crippen molar-refractivity contribution in [2.24, 2.45) is 34.5 Å². The van der Waals surface area contributed by atoms with Crippen molar-refractivity contribution in [3.05, 3.63) is 0 Å². The maximum Gasteiger partial charge on any atom is 0.138 e. The highest BCUT2D eigenvalue weighted by Gasteiger charge is 2.55. The first-order chi connectivity index (χ1) is 10.2. The number of carbonyl (C=O) groups is 2.